The van der Waals surface area contributed by atoms with E-state index in [1.807, 2.05) is 30.5 Å². The van der Waals surface area contributed by atoms with Crippen LogP contribution in [0.3, 0.4) is 0 Å². The highest BCUT2D eigenvalue weighted by Gasteiger charge is 2.15. The van der Waals surface area contributed by atoms with Gasteiger partial charge in [-0.25, -0.2) is 9.78 Å². The van der Waals surface area contributed by atoms with E-state index in [0.717, 1.165) is 53.4 Å². The summed E-state index contributed by atoms with van der Waals surface area (Å²) in [4.78, 5) is 16.2. The number of carboxylic acids is 1. The summed E-state index contributed by atoms with van der Waals surface area (Å²) in [6, 6.07) is 7.98. The van der Waals surface area contributed by atoms with Gasteiger partial charge in [0.25, 0.3) is 0 Å². The number of nitrogens with one attached hydrogen (secondary N) is 1. The molecule has 0 aliphatic heterocycles. The molecule has 130 valence electrons. The van der Waals surface area contributed by atoms with Crippen LogP contribution in [0.15, 0.2) is 40.5 Å². The van der Waals surface area contributed by atoms with Crippen molar-refractivity contribution >= 4 is 34.7 Å². The molecule has 0 amide bonds. The molecular weight excluding hydrogens is 336 g/mol. The molecular formula is C18H20N4O2S. The van der Waals surface area contributed by atoms with Crippen molar-refractivity contribution in [2.24, 2.45) is 0 Å². The zero-order chi connectivity index (χ0) is 17.8. The molecule has 25 heavy (non-hydrogen) atoms. The number of aromatic amines is 1. The Labute approximate surface area is 150 Å². The number of aryl methyl sites for hydroxylation is 2. The van der Waals surface area contributed by atoms with Crippen molar-refractivity contribution in [3.63, 3.8) is 0 Å². The number of fused-ring (bicyclic) bond motifs is 1. The van der Waals surface area contributed by atoms with Crippen LogP contribution in [0.25, 0.3) is 17.0 Å². The van der Waals surface area contributed by atoms with Gasteiger partial charge in [-0.1, -0.05) is 25.1 Å². The Morgan fingerprint density at radius 2 is 2.16 bits per heavy atom. The third-order valence-electron chi connectivity index (χ3n) is 3.86. The van der Waals surface area contributed by atoms with E-state index in [9.17, 15) is 9.90 Å². The van der Waals surface area contributed by atoms with Gasteiger partial charge in [0.05, 0.1) is 0 Å². The van der Waals surface area contributed by atoms with Crippen LogP contribution in [0.5, 0.6) is 0 Å². The van der Waals surface area contributed by atoms with Gasteiger partial charge in [-0.15, -0.1) is 5.10 Å². The van der Waals surface area contributed by atoms with Crippen molar-refractivity contribution < 1.29 is 9.90 Å². The lowest BCUT2D eigenvalue weighted by Crippen LogP contribution is -1.97. The Kier molecular flexibility index (Phi) is 5.23. The number of thioether (sulfide) groups is 1. The van der Waals surface area contributed by atoms with Gasteiger partial charge in [-0.3, -0.25) is 5.10 Å². The fourth-order valence-electron chi connectivity index (χ4n) is 2.70. The summed E-state index contributed by atoms with van der Waals surface area (Å²) in [5.41, 5.74) is 1.97. The molecule has 0 radical (unpaired) electrons. The lowest BCUT2D eigenvalue weighted by atomic mass is 10.1. The van der Waals surface area contributed by atoms with Crippen molar-refractivity contribution in [1.29, 1.82) is 0 Å². The maximum Gasteiger partial charge on any atom is 0.342 e. The van der Waals surface area contributed by atoms with E-state index < -0.39 is 5.97 Å². The van der Waals surface area contributed by atoms with Crippen LogP contribution in [-0.2, 0) is 17.8 Å². The second-order valence-electron chi connectivity index (χ2n) is 5.62. The molecule has 0 aliphatic carbocycles. The zero-order valence-corrected chi connectivity index (χ0v) is 15.0. The van der Waals surface area contributed by atoms with Gasteiger partial charge in [0.15, 0.2) is 0 Å². The first-order chi connectivity index (χ1) is 12.1. The molecule has 1 aromatic carbocycles. The predicted molar refractivity (Wildman–Crippen MR) is 99.5 cm³/mol. The number of rotatable bonds is 7. The van der Waals surface area contributed by atoms with Crippen LogP contribution < -0.4 is 0 Å². The van der Waals surface area contributed by atoms with Crippen LogP contribution in [0.2, 0.25) is 0 Å². The monoisotopic (exact) mass is 356 g/mol. The molecule has 2 heterocycles. The number of hydrogen-bond donors (Lipinski definition) is 2. The van der Waals surface area contributed by atoms with Gasteiger partial charge in [-0.2, -0.15) is 0 Å². The molecule has 3 aromatic rings. The Morgan fingerprint density at radius 3 is 2.88 bits per heavy atom. The largest absolute Gasteiger partial charge is 0.477 e. The molecule has 0 spiro atoms. The second kappa shape index (κ2) is 7.57. The molecule has 6 nitrogen and oxygen atoms in total. The maximum atomic E-state index is 11.7. The number of carbonyl (C=O) groups is 1. The minimum Gasteiger partial charge on any atom is -0.477 e. The van der Waals surface area contributed by atoms with Crippen molar-refractivity contribution in [3.05, 3.63) is 46.8 Å². The lowest BCUT2D eigenvalue weighted by Gasteiger charge is -1.98. The minimum absolute atomic E-state index is 0.195. The van der Waals surface area contributed by atoms with Crippen molar-refractivity contribution in [1.82, 2.24) is 19.7 Å². The van der Waals surface area contributed by atoms with Gasteiger partial charge in [0.2, 0.25) is 5.16 Å². The summed E-state index contributed by atoms with van der Waals surface area (Å²) in [6.45, 7) is 4.95. The molecule has 7 heteroatoms. The highest BCUT2D eigenvalue weighted by Crippen LogP contribution is 2.29. The quantitative estimate of drug-likeness (QED) is 0.495. The number of nitrogens with zero attached hydrogens (tertiary/aromatic N) is 3. The van der Waals surface area contributed by atoms with Gasteiger partial charge in [-0.05, 0) is 37.2 Å². The van der Waals surface area contributed by atoms with E-state index in [-0.39, 0.29) is 4.91 Å². The number of aliphatic carboxylic acids is 1. The summed E-state index contributed by atoms with van der Waals surface area (Å²) in [5.74, 6) is -0.211. The molecule has 0 unspecified atom stereocenters. The molecule has 0 bridgehead atoms. The Morgan fingerprint density at radius 1 is 1.36 bits per heavy atom. The number of H-pyrrole nitrogens is 1. The fourth-order valence-corrected chi connectivity index (χ4v) is 3.42. The van der Waals surface area contributed by atoms with E-state index in [0.29, 0.717) is 5.16 Å². The van der Waals surface area contributed by atoms with Crippen LogP contribution in [-0.4, -0.2) is 30.8 Å². The van der Waals surface area contributed by atoms with E-state index in [1.54, 1.807) is 6.08 Å². The maximum absolute atomic E-state index is 11.7. The summed E-state index contributed by atoms with van der Waals surface area (Å²) >= 11 is 1.06. The third-order valence-corrected chi connectivity index (χ3v) is 4.73. The first kappa shape index (κ1) is 17.3. The smallest absolute Gasteiger partial charge is 0.342 e. The van der Waals surface area contributed by atoms with E-state index in [1.165, 1.54) is 0 Å². The fraction of sp³-hybridized carbons (Fsp3) is 0.278. The Balaban J connectivity index is 1.96. The number of aromatic nitrogens is 4. The Bertz CT molecular complexity index is 926. The van der Waals surface area contributed by atoms with Crippen molar-refractivity contribution in [2.75, 3.05) is 0 Å². The van der Waals surface area contributed by atoms with Gasteiger partial charge in [0, 0.05) is 35.6 Å². The Hall–Kier alpha value is -2.54. The van der Waals surface area contributed by atoms with E-state index >= 15 is 0 Å². The molecule has 0 aliphatic rings. The minimum atomic E-state index is -0.986. The summed E-state index contributed by atoms with van der Waals surface area (Å²) in [7, 11) is 0. The van der Waals surface area contributed by atoms with Gasteiger partial charge < -0.3 is 9.67 Å². The van der Waals surface area contributed by atoms with E-state index in [4.69, 9.17) is 0 Å². The highest BCUT2D eigenvalue weighted by atomic mass is 32.2. The average molecular weight is 356 g/mol. The van der Waals surface area contributed by atoms with Crippen LogP contribution in [0, 0.1) is 0 Å². The topological polar surface area (TPSA) is 83.8 Å². The number of hydrogen-bond acceptors (Lipinski definition) is 4. The zero-order valence-electron chi connectivity index (χ0n) is 14.2. The molecule has 0 fully saturated rings. The lowest BCUT2D eigenvalue weighted by molar-refractivity contribution is -0.131. The predicted octanol–water partition coefficient (Wildman–Crippen LogP) is 3.95. The summed E-state index contributed by atoms with van der Waals surface area (Å²) in [5, 5.41) is 18.0. The number of benzene rings is 1. The first-order valence-electron chi connectivity index (χ1n) is 8.24. The van der Waals surface area contributed by atoms with Crippen molar-refractivity contribution in [2.45, 2.75) is 38.4 Å². The van der Waals surface area contributed by atoms with Crippen molar-refractivity contribution in [3.8, 4) is 0 Å². The molecule has 0 saturated carbocycles. The summed E-state index contributed by atoms with van der Waals surface area (Å²) < 4.78 is 2.11. The highest BCUT2D eigenvalue weighted by molar-refractivity contribution is 8.04. The number of carboxylic acid groups (broad SMARTS) is 1. The third kappa shape index (κ3) is 3.76. The van der Waals surface area contributed by atoms with Crippen LogP contribution in [0.1, 0.15) is 31.7 Å². The molecule has 2 N–H and O–H groups in total. The number of para-hydroxylation sites is 1. The van der Waals surface area contributed by atoms with E-state index in [2.05, 4.69) is 33.6 Å². The van der Waals surface area contributed by atoms with Crippen LogP contribution in [0.4, 0.5) is 0 Å². The summed E-state index contributed by atoms with van der Waals surface area (Å²) in [6.07, 6.45) is 5.42. The standard InChI is InChI=1S/C18H20N4O2S/c1-3-7-16-19-18(21-20-16)25-15(17(23)24)10-12-11-22(4-2)14-9-6-5-8-13(12)14/h5-6,8-11H,3-4,7H2,1-2H3,(H,23,24)(H,19,20,21)/b15-10-. The molecule has 0 saturated heterocycles. The SMILES string of the molecule is CCCc1nc(S/C(=C\c2cn(CC)c3ccccc23)C(=O)O)n[nH]1. The second-order valence-corrected chi connectivity index (χ2v) is 6.63. The van der Waals surface area contributed by atoms with Gasteiger partial charge >= 0.3 is 5.97 Å². The van der Waals surface area contributed by atoms with Crippen LogP contribution >= 0.6 is 11.8 Å². The van der Waals surface area contributed by atoms with Gasteiger partial charge in [0.1, 0.15) is 10.7 Å². The normalized spacial score (nSPS) is 12.0. The average Bonchev–Trinajstić information content (AvgIpc) is 3.19. The molecule has 2 aromatic heterocycles. The molecule has 3 rings (SSSR count). The molecule has 0 atom stereocenters. The first-order valence-corrected chi connectivity index (χ1v) is 9.06.